The van der Waals surface area contributed by atoms with E-state index >= 15 is 0 Å². The van der Waals surface area contributed by atoms with Crippen molar-refractivity contribution < 1.29 is 13.9 Å². The number of halogens is 1. The zero-order valence-electron chi connectivity index (χ0n) is 13.3. The van der Waals surface area contributed by atoms with Crippen molar-refractivity contribution >= 4 is 5.91 Å². The molecule has 2 saturated heterocycles. The molecule has 2 fully saturated rings. The normalized spacial score (nSPS) is 21.6. The first-order valence-corrected chi connectivity index (χ1v) is 7.85. The molecule has 0 N–H and O–H groups in total. The fourth-order valence-electron chi connectivity index (χ4n) is 3.69. The van der Waals surface area contributed by atoms with Gasteiger partial charge in [-0.15, -0.1) is 0 Å². The van der Waals surface area contributed by atoms with Crippen LogP contribution in [0.15, 0.2) is 18.2 Å². The van der Waals surface area contributed by atoms with Crippen molar-refractivity contribution in [1.29, 1.82) is 0 Å². The number of methoxy groups -OCH3 is 1. The molecule has 5 heteroatoms. The Hall–Kier alpha value is -1.62. The molecule has 22 heavy (non-hydrogen) atoms. The average Bonchev–Trinajstić information content (AvgIpc) is 2.81. The number of hydrogen-bond donors (Lipinski definition) is 0. The van der Waals surface area contributed by atoms with Crippen molar-refractivity contribution in [2.45, 2.75) is 37.8 Å². The van der Waals surface area contributed by atoms with E-state index in [1.54, 1.807) is 19.2 Å². The van der Waals surface area contributed by atoms with Gasteiger partial charge in [-0.05, 0) is 37.5 Å². The number of rotatable bonds is 3. The van der Waals surface area contributed by atoms with Crippen molar-refractivity contribution in [3.05, 3.63) is 29.6 Å². The van der Waals surface area contributed by atoms with E-state index in [1.807, 2.05) is 11.9 Å². The largest absolute Gasteiger partial charge is 0.497 e. The Morgan fingerprint density at radius 2 is 2.00 bits per heavy atom. The summed E-state index contributed by atoms with van der Waals surface area (Å²) in [6, 6.07) is 4.87. The van der Waals surface area contributed by atoms with Gasteiger partial charge in [0.15, 0.2) is 0 Å². The SMILES string of the molecule is COc1ccc(F)c(CN2CCC3(CCC(=O)N3C)CC2)c1. The van der Waals surface area contributed by atoms with E-state index in [0.717, 1.165) is 32.4 Å². The molecular weight excluding hydrogens is 283 g/mol. The second-order valence-electron chi connectivity index (χ2n) is 6.41. The molecule has 0 aliphatic carbocycles. The summed E-state index contributed by atoms with van der Waals surface area (Å²) >= 11 is 0. The van der Waals surface area contributed by atoms with E-state index in [-0.39, 0.29) is 17.3 Å². The van der Waals surface area contributed by atoms with Gasteiger partial charge in [0, 0.05) is 44.2 Å². The number of amides is 1. The molecule has 0 radical (unpaired) electrons. The fraction of sp³-hybridized carbons (Fsp3) is 0.588. The second-order valence-corrected chi connectivity index (χ2v) is 6.41. The van der Waals surface area contributed by atoms with Gasteiger partial charge < -0.3 is 9.64 Å². The summed E-state index contributed by atoms with van der Waals surface area (Å²) < 4.78 is 19.1. The van der Waals surface area contributed by atoms with E-state index in [4.69, 9.17) is 4.74 Å². The molecule has 2 aliphatic heterocycles. The van der Waals surface area contributed by atoms with Gasteiger partial charge in [0.25, 0.3) is 0 Å². The second kappa shape index (κ2) is 5.88. The fourth-order valence-corrected chi connectivity index (χ4v) is 3.69. The Balaban J connectivity index is 1.64. The van der Waals surface area contributed by atoms with Crippen LogP contribution in [0.25, 0.3) is 0 Å². The monoisotopic (exact) mass is 306 g/mol. The Kier molecular flexibility index (Phi) is 4.08. The highest BCUT2D eigenvalue weighted by Crippen LogP contribution is 2.38. The highest BCUT2D eigenvalue weighted by molar-refractivity contribution is 5.79. The summed E-state index contributed by atoms with van der Waals surface area (Å²) in [5.74, 6) is 0.757. The summed E-state index contributed by atoms with van der Waals surface area (Å²) in [5.41, 5.74) is 0.715. The smallest absolute Gasteiger partial charge is 0.222 e. The highest BCUT2D eigenvalue weighted by Gasteiger charge is 2.44. The van der Waals surface area contributed by atoms with Gasteiger partial charge in [-0.2, -0.15) is 0 Å². The Labute approximate surface area is 130 Å². The summed E-state index contributed by atoms with van der Waals surface area (Å²) in [6.45, 7) is 2.39. The van der Waals surface area contributed by atoms with Crippen LogP contribution in [0.1, 0.15) is 31.2 Å². The van der Waals surface area contributed by atoms with Crippen LogP contribution in [0.3, 0.4) is 0 Å². The maximum atomic E-state index is 13.9. The number of ether oxygens (including phenoxy) is 1. The van der Waals surface area contributed by atoms with Crippen LogP contribution in [0.5, 0.6) is 5.75 Å². The first-order valence-electron chi connectivity index (χ1n) is 7.85. The Morgan fingerprint density at radius 3 is 2.59 bits per heavy atom. The first-order chi connectivity index (χ1) is 10.5. The molecule has 0 unspecified atom stereocenters. The summed E-state index contributed by atoms with van der Waals surface area (Å²) in [7, 11) is 3.52. The first kappa shape index (κ1) is 15.3. The molecule has 1 spiro atoms. The molecule has 2 aliphatic rings. The lowest BCUT2D eigenvalue weighted by atomic mass is 9.85. The van der Waals surface area contributed by atoms with E-state index in [1.165, 1.54) is 6.07 Å². The molecule has 0 bridgehead atoms. The van der Waals surface area contributed by atoms with Crippen LogP contribution >= 0.6 is 0 Å². The topological polar surface area (TPSA) is 32.8 Å². The van der Waals surface area contributed by atoms with Gasteiger partial charge >= 0.3 is 0 Å². The minimum absolute atomic E-state index is 0.0422. The third-order valence-electron chi connectivity index (χ3n) is 5.32. The molecule has 120 valence electrons. The van der Waals surface area contributed by atoms with E-state index < -0.39 is 0 Å². The van der Waals surface area contributed by atoms with Crippen LogP contribution in [0.4, 0.5) is 4.39 Å². The molecule has 1 amide bonds. The molecule has 4 nitrogen and oxygen atoms in total. The molecule has 3 rings (SSSR count). The van der Waals surface area contributed by atoms with Gasteiger partial charge in [0.1, 0.15) is 11.6 Å². The summed E-state index contributed by atoms with van der Waals surface area (Å²) in [5, 5.41) is 0. The average molecular weight is 306 g/mol. The zero-order chi connectivity index (χ0) is 15.7. The standard InChI is InChI=1S/C17H23FN2O2/c1-19-16(21)5-6-17(19)7-9-20(10-8-17)12-13-11-14(22-2)3-4-15(13)18/h3-4,11H,5-10,12H2,1-2H3. The van der Waals surface area contributed by atoms with Crippen LogP contribution in [-0.4, -0.2) is 48.5 Å². The number of piperidine rings is 1. The summed E-state index contributed by atoms with van der Waals surface area (Å²) in [6.07, 6.45) is 3.58. The minimum Gasteiger partial charge on any atom is -0.497 e. The van der Waals surface area contributed by atoms with Gasteiger partial charge in [-0.25, -0.2) is 4.39 Å². The lowest BCUT2D eigenvalue weighted by Crippen LogP contribution is -2.51. The van der Waals surface area contributed by atoms with Crippen molar-refractivity contribution in [3.8, 4) is 5.75 Å². The maximum absolute atomic E-state index is 13.9. The minimum atomic E-state index is -0.186. The molecule has 0 atom stereocenters. The lowest BCUT2D eigenvalue weighted by Gasteiger charge is -2.43. The predicted molar refractivity (Wildman–Crippen MR) is 82.2 cm³/mol. The lowest BCUT2D eigenvalue weighted by molar-refractivity contribution is -0.130. The summed E-state index contributed by atoms with van der Waals surface area (Å²) in [4.78, 5) is 16.0. The van der Waals surface area contributed by atoms with Crippen LogP contribution in [0.2, 0.25) is 0 Å². The molecule has 2 heterocycles. The Morgan fingerprint density at radius 1 is 1.27 bits per heavy atom. The predicted octanol–water partition coefficient (Wildman–Crippen LogP) is 2.42. The van der Waals surface area contributed by atoms with E-state index in [2.05, 4.69) is 4.90 Å². The van der Waals surface area contributed by atoms with Gasteiger partial charge in [-0.3, -0.25) is 9.69 Å². The number of benzene rings is 1. The van der Waals surface area contributed by atoms with Crippen molar-refractivity contribution in [2.75, 3.05) is 27.2 Å². The van der Waals surface area contributed by atoms with E-state index in [9.17, 15) is 9.18 Å². The molecule has 0 saturated carbocycles. The Bertz CT molecular complexity index is 568. The van der Waals surface area contributed by atoms with Gasteiger partial charge in [0.2, 0.25) is 5.91 Å². The van der Waals surface area contributed by atoms with E-state index in [0.29, 0.717) is 24.3 Å². The van der Waals surface area contributed by atoms with Crippen LogP contribution in [-0.2, 0) is 11.3 Å². The third-order valence-corrected chi connectivity index (χ3v) is 5.32. The quantitative estimate of drug-likeness (QED) is 0.860. The molecular formula is C17H23FN2O2. The number of carbonyl (C=O) groups excluding carboxylic acids is 1. The number of hydrogen-bond acceptors (Lipinski definition) is 3. The van der Waals surface area contributed by atoms with Gasteiger partial charge in [-0.1, -0.05) is 0 Å². The van der Waals surface area contributed by atoms with Crippen LogP contribution < -0.4 is 4.74 Å². The van der Waals surface area contributed by atoms with Crippen molar-refractivity contribution in [1.82, 2.24) is 9.80 Å². The zero-order valence-corrected chi connectivity index (χ0v) is 13.3. The molecule has 0 aromatic heterocycles. The molecule has 1 aromatic rings. The van der Waals surface area contributed by atoms with Crippen molar-refractivity contribution in [2.24, 2.45) is 0 Å². The number of likely N-dealkylation sites (tertiary alicyclic amines) is 2. The third kappa shape index (κ3) is 2.70. The molecule has 1 aromatic carbocycles. The van der Waals surface area contributed by atoms with Gasteiger partial charge in [0.05, 0.1) is 7.11 Å². The van der Waals surface area contributed by atoms with Crippen LogP contribution in [0, 0.1) is 5.82 Å². The number of carbonyl (C=O) groups is 1. The number of nitrogens with zero attached hydrogens (tertiary/aromatic N) is 2. The highest BCUT2D eigenvalue weighted by atomic mass is 19.1. The maximum Gasteiger partial charge on any atom is 0.222 e. The van der Waals surface area contributed by atoms with Crippen molar-refractivity contribution in [3.63, 3.8) is 0 Å².